The van der Waals surface area contributed by atoms with Crippen LogP contribution in [0.5, 0.6) is 0 Å². The van der Waals surface area contributed by atoms with Gasteiger partial charge in [-0.1, -0.05) is 0 Å². The maximum atomic E-state index is 12.0. The van der Waals surface area contributed by atoms with Crippen molar-refractivity contribution in [2.75, 3.05) is 51.3 Å². The second-order valence-electron chi connectivity index (χ2n) is 5.49. The van der Waals surface area contributed by atoms with Gasteiger partial charge in [0.15, 0.2) is 0 Å². The minimum atomic E-state index is 0.0515. The topological polar surface area (TPSA) is 66.0 Å². The monoisotopic (exact) mass is 302 g/mol. The van der Waals surface area contributed by atoms with Gasteiger partial charge >= 0.3 is 0 Å². The number of benzene rings is 1. The Kier molecular flexibility index (Phi) is 5.03. The fourth-order valence-corrected chi connectivity index (χ4v) is 2.61. The highest BCUT2D eigenvalue weighted by atomic mass is 16.5. The average molecular weight is 302 g/mol. The lowest BCUT2D eigenvalue weighted by Gasteiger charge is -2.26. The van der Waals surface area contributed by atoms with Crippen LogP contribution >= 0.6 is 0 Å². The highest BCUT2D eigenvalue weighted by Crippen LogP contribution is 2.11. The number of carbonyl (C=O) groups is 1. The molecule has 1 aromatic rings. The van der Waals surface area contributed by atoms with E-state index < -0.39 is 0 Å². The molecule has 0 spiro atoms. The third kappa shape index (κ3) is 4.05. The lowest BCUT2D eigenvalue weighted by Crippen LogP contribution is -2.38. The number of hydrogen-bond acceptors (Lipinski definition) is 5. The number of hydrogen-bond donors (Lipinski definition) is 2. The number of aliphatic imine (C=N–C) groups is 1. The summed E-state index contributed by atoms with van der Waals surface area (Å²) in [4.78, 5) is 18.6. The Morgan fingerprint density at radius 3 is 2.73 bits per heavy atom. The highest BCUT2D eigenvalue weighted by molar-refractivity contribution is 6.00. The van der Waals surface area contributed by atoms with Crippen LogP contribution in [-0.2, 0) is 9.53 Å². The summed E-state index contributed by atoms with van der Waals surface area (Å²) < 4.78 is 5.30. The molecule has 0 radical (unpaired) electrons. The van der Waals surface area contributed by atoms with Crippen molar-refractivity contribution >= 4 is 17.4 Å². The van der Waals surface area contributed by atoms with E-state index in [9.17, 15) is 4.79 Å². The smallest absolute Gasteiger partial charge is 0.225 e. The number of anilines is 1. The van der Waals surface area contributed by atoms with Crippen LogP contribution in [0.2, 0.25) is 0 Å². The van der Waals surface area contributed by atoms with Crippen molar-refractivity contribution in [2.24, 2.45) is 4.99 Å². The number of ether oxygens (including phenoxy) is 1. The molecule has 0 saturated carbocycles. The maximum absolute atomic E-state index is 12.0. The quantitative estimate of drug-likeness (QED) is 0.840. The number of nitrogens with zero attached hydrogens (tertiary/aromatic N) is 2. The van der Waals surface area contributed by atoms with E-state index >= 15 is 0 Å². The Balaban J connectivity index is 1.46. The second kappa shape index (κ2) is 7.38. The number of amides is 1. The SMILES string of the molecule is O=C(CCN1CCOCC1)Nc1ccc(C2=NCCN2)cc1. The van der Waals surface area contributed by atoms with E-state index in [-0.39, 0.29) is 5.91 Å². The van der Waals surface area contributed by atoms with Crippen molar-refractivity contribution < 1.29 is 9.53 Å². The van der Waals surface area contributed by atoms with Crippen molar-refractivity contribution in [3.05, 3.63) is 29.8 Å². The van der Waals surface area contributed by atoms with Crippen LogP contribution in [0.15, 0.2) is 29.3 Å². The van der Waals surface area contributed by atoms with Gasteiger partial charge in [-0.15, -0.1) is 0 Å². The largest absolute Gasteiger partial charge is 0.379 e. The van der Waals surface area contributed by atoms with Gasteiger partial charge in [0.1, 0.15) is 5.84 Å². The molecule has 0 aromatic heterocycles. The first-order valence-corrected chi connectivity index (χ1v) is 7.80. The van der Waals surface area contributed by atoms with Crippen molar-refractivity contribution in [1.82, 2.24) is 10.2 Å². The van der Waals surface area contributed by atoms with Gasteiger partial charge in [-0.05, 0) is 24.3 Å². The minimum Gasteiger partial charge on any atom is -0.379 e. The van der Waals surface area contributed by atoms with E-state index in [1.165, 1.54) is 0 Å². The molecule has 6 heteroatoms. The summed E-state index contributed by atoms with van der Waals surface area (Å²) in [6.07, 6.45) is 0.510. The molecule has 22 heavy (non-hydrogen) atoms. The van der Waals surface area contributed by atoms with Gasteiger partial charge in [-0.3, -0.25) is 14.7 Å². The molecule has 2 aliphatic heterocycles. The summed E-state index contributed by atoms with van der Waals surface area (Å²) in [7, 11) is 0. The molecular formula is C16H22N4O2. The summed E-state index contributed by atoms with van der Waals surface area (Å²) >= 11 is 0. The van der Waals surface area contributed by atoms with Crippen LogP contribution in [0.3, 0.4) is 0 Å². The highest BCUT2D eigenvalue weighted by Gasteiger charge is 2.12. The molecule has 1 saturated heterocycles. The number of carbonyl (C=O) groups excluding carboxylic acids is 1. The summed E-state index contributed by atoms with van der Waals surface area (Å²) in [6.45, 7) is 5.87. The average Bonchev–Trinajstić information content (AvgIpc) is 3.09. The van der Waals surface area contributed by atoms with E-state index in [0.717, 1.165) is 63.0 Å². The number of nitrogens with one attached hydrogen (secondary N) is 2. The van der Waals surface area contributed by atoms with E-state index in [0.29, 0.717) is 6.42 Å². The van der Waals surface area contributed by atoms with Gasteiger partial charge in [-0.2, -0.15) is 0 Å². The Bertz CT molecular complexity index is 536. The molecule has 1 aromatic carbocycles. The summed E-state index contributed by atoms with van der Waals surface area (Å²) in [5.41, 5.74) is 1.89. The predicted octanol–water partition coefficient (Wildman–Crippen LogP) is 0.697. The third-order valence-electron chi connectivity index (χ3n) is 3.88. The first-order chi connectivity index (χ1) is 10.8. The Morgan fingerprint density at radius 2 is 2.05 bits per heavy atom. The molecule has 2 heterocycles. The Labute approximate surface area is 130 Å². The Morgan fingerprint density at radius 1 is 1.27 bits per heavy atom. The van der Waals surface area contributed by atoms with Gasteiger partial charge in [0, 0.05) is 43.9 Å². The van der Waals surface area contributed by atoms with Crippen LogP contribution in [0.25, 0.3) is 0 Å². The van der Waals surface area contributed by atoms with Gasteiger partial charge in [0.25, 0.3) is 0 Å². The fourth-order valence-electron chi connectivity index (χ4n) is 2.61. The zero-order chi connectivity index (χ0) is 15.2. The summed E-state index contributed by atoms with van der Waals surface area (Å²) in [6, 6.07) is 7.80. The van der Waals surface area contributed by atoms with Crippen LogP contribution in [0, 0.1) is 0 Å². The van der Waals surface area contributed by atoms with E-state index in [4.69, 9.17) is 4.74 Å². The van der Waals surface area contributed by atoms with Crippen LogP contribution in [-0.4, -0.2) is 62.6 Å². The lowest BCUT2D eigenvalue weighted by molar-refractivity contribution is -0.116. The zero-order valence-corrected chi connectivity index (χ0v) is 12.7. The molecule has 0 unspecified atom stereocenters. The van der Waals surface area contributed by atoms with E-state index in [1.807, 2.05) is 24.3 Å². The first kappa shape index (κ1) is 15.0. The lowest BCUT2D eigenvalue weighted by atomic mass is 10.2. The molecule has 6 nitrogen and oxygen atoms in total. The van der Waals surface area contributed by atoms with E-state index in [2.05, 4.69) is 20.5 Å². The molecular weight excluding hydrogens is 280 g/mol. The van der Waals surface area contributed by atoms with Crippen molar-refractivity contribution in [2.45, 2.75) is 6.42 Å². The maximum Gasteiger partial charge on any atom is 0.225 e. The normalized spacial score (nSPS) is 18.6. The summed E-state index contributed by atoms with van der Waals surface area (Å²) in [5, 5.41) is 6.18. The van der Waals surface area contributed by atoms with Crippen LogP contribution in [0.1, 0.15) is 12.0 Å². The molecule has 3 rings (SSSR count). The summed E-state index contributed by atoms with van der Waals surface area (Å²) in [5.74, 6) is 0.987. The van der Waals surface area contributed by atoms with Gasteiger partial charge in [0.05, 0.1) is 19.8 Å². The molecule has 1 fully saturated rings. The first-order valence-electron chi connectivity index (χ1n) is 7.80. The van der Waals surface area contributed by atoms with Gasteiger partial charge < -0.3 is 15.4 Å². The standard InChI is InChI=1S/C16H22N4O2/c21-15(5-8-20-9-11-22-12-10-20)19-14-3-1-13(2-4-14)16-17-6-7-18-16/h1-4H,5-12H2,(H,17,18)(H,19,21). The predicted molar refractivity (Wildman–Crippen MR) is 86.4 cm³/mol. The van der Waals surface area contributed by atoms with Crippen molar-refractivity contribution in [1.29, 1.82) is 0 Å². The third-order valence-corrected chi connectivity index (χ3v) is 3.88. The van der Waals surface area contributed by atoms with Crippen molar-refractivity contribution in [3.8, 4) is 0 Å². The minimum absolute atomic E-state index is 0.0515. The molecule has 0 aliphatic carbocycles. The molecule has 1 amide bonds. The van der Waals surface area contributed by atoms with Crippen LogP contribution < -0.4 is 10.6 Å². The van der Waals surface area contributed by atoms with Crippen molar-refractivity contribution in [3.63, 3.8) is 0 Å². The number of rotatable bonds is 5. The Hall–Kier alpha value is -1.92. The number of amidine groups is 1. The molecule has 118 valence electrons. The van der Waals surface area contributed by atoms with Crippen LogP contribution in [0.4, 0.5) is 5.69 Å². The number of morpholine rings is 1. The second-order valence-corrected chi connectivity index (χ2v) is 5.49. The van der Waals surface area contributed by atoms with E-state index in [1.54, 1.807) is 0 Å². The zero-order valence-electron chi connectivity index (χ0n) is 12.7. The van der Waals surface area contributed by atoms with Gasteiger partial charge in [0.2, 0.25) is 5.91 Å². The van der Waals surface area contributed by atoms with Gasteiger partial charge in [-0.25, -0.2) is 0 Å². The molecule has 2 aliphatic rings. The molecule has 0 bridgehead atoms. The molecule has 0 atom stereocenters. The molecule has 2 N–H and O–H groups in total. The fraction of sp³-hybridized carbons (Fsp3) is 0.500.